The molecule has 20 heavy (non-hydrogen) atoms. The number of hydrogen-bond acceptors (Lipinski definition) is 4. The first-order chi connectivity index (χ1) is 9.35. The zero-order chi connectivity index (χ0) is 15.3. The van der Waals surface area contributed by atoms with Gasteiger partial charge in [-0.3, -0.25) is 4.79 Å². The third-order valence-electron chi connectivity index (χ3n) is 2.46. The van der Waals surface area contributed by atoms with Crippen LogP contribution >= 0.6 is 0 Å². The van der Waals surface area contributed by atoms with Crippen LogP contribution in [0, 0.1) is 5.82 Å². The lowest BCUT2D eigenvalue weighted by molar-refractivity contribution is -0.119. The van der Waals surface area contributed by atoms with Crippen molar-refractivity contribution in [3.63, 3.8) is 0 Å². The van der Waals surface area contributed by atoms with E-state index in [1.54, 1.807) is 6.92 Å². The first-order valence-corrected chi connectivity index (χ1v) is 5.86. The van der Waals surface area contributed by atoms with E-state index in [9.17, 15) is 18.0 Å². The maximum atomic E-state index is 13.4. The van der Waals surface area contributed by atoms with E-state index < -0.39 is 18.2 Å². The highest BCUT2D eigenvalue weighted by atomic mass is 19.3. The molecule has 0 saturated carbocycles. The molecule has 0 saturated heterocycles. The third kappa shape index (κ3) is 4.22. The van der Waals surface area contributed by atoms with Crippen LogP contribution in [0.25, 0.3) is 0 Å². The van der Waals surface area contributed by atoms with Crippen molar-refractivity contribution in [2.45, 2.75) is 13.5 Å². The minimum absolute atomic E-state index is 0.0240. The summed E-state index contributed by atoms with van der Waals surface area (Å²) in [5.74, 6) is -1.88. The molecule has 1 amide bonds. The highest BCUT2D eigenvalue weighted by Gasteiger charge is 2.16. The van der Waals surface area contributed by atoms with Crippen LogP contribution in [-0.4, -0.2) is 32.7 Å². The number of nitrogen functional groups attached to an aromatic ring is 1. The number of nitrogens with one attached hydrogen (secondary N) is 1. The van der Waals surface area contributed by atoms with Gasteiger partial charge in [-0.25, -0.2) is 4.39 Å². The van der Waals surface area contributed by atoms with Crippen molar-refractivity contribution in [2.24, 2.45) is 0 Å². The van der Waals surface area contributed by atoms with Crippen molar-refractivity contribution in [1.29, 1.82) is 0 Å². The van der Waals surface area contributed by atoms with E-state index >= 15 is 0 Å². The summed E-state index contributed by atoms with van der Waals surface area (Å²) in [5, 5.41) is 2.58. The summed E-state index contributed by atoms with van der Waals surface area (Å²) in [6, 6.07) is 1.91. The fraction of sp³-hybridized carbons (Fsp3) is 0.417. The Hall–Kier alpha value is -2.12. The first-order valence-electron chi connectivity index (χ1n) is 5.86. The second-order valence-corrected chi connectivity index (χ2v) is 4.03. The average molecular weight is 291 g/mol. The van der Waals surface area contributed by atoms with Crippen LogP contribution in [-0.2, 0) is 4.79 Å². The number of halogens is 3. The molecule has 0 aromatic heterocycles. The van der Waals surface area contributed by atoms with Gasteiger partial charge in [0.15, 0.2) is 11.6 Å². The molecule has 1 rings (SSSR count). The maximum Gasteiger partial charge on any atom is 0.387 e. The van der Waals surface area contributed by atoms with E-state index in [0.29, 0.717) is 6.54 Å². The van der Waals surface area contributed by atoms with Crippen LogP contribution < -0.4 is 20.7 Å². The maximum absolute atomic E-state index is 13.4. The van der Waals surface area contributed by atoms with E-state index in [1.165, 1.54) is 11.9 Å². The van der Waals surface area contributed by atoms with E-state index in [2.05, 4.69) is 10.1 Å². The predicted molar refractivity (Wildman–Crippen MR) is 69.4 cm³/mol. The summed E-state index contributed by atoms with van der Waals surface area (Å²) in [4.78, 5) is 12.9. The number of ether oxygens (including phenoxy) is 1. The van der Waals surface area contributed by atoms with Crippen LogP contribution in [0.15, 0.2) is 12.1 Å². The molecular weight excluding hydrogens is 275 g/mol. The number of nitrogens with two attached hydrogens (primary N) is 1. The number of likely N-dealkylation sites (N-methyl/N-ethyl adjacent to an activating group) is 2. The van der Waals surface area contributed by atoms with Crippen molar-refractivity contribution >= 4 is 17.3 Å². The quantitative estimate of drug-likeness (QED) is 0.781. The number of nitrogens with zero attached hydrogens (tertiary/aromatic N) is 1. The van der Waals surface area contributed by atoms with Crippen LogP contribution in [0.4, 0.5) is 24.5 Å². The highest BCUT2D eigenvalue weighted by molar-refractivity contribution is 5.83. The highest BCUT2D eigenvalue weighted by Crippen LogP contribution is 2.31. The Kier molecular flexibility index (Phi) is 5.48. The molecule has 0 spiro atoms. The van der Waals surface area contributed by atoms with Crippen molar-refractivity contribution in [1.82, 2.24) is 5.32 Å². The molecule has 0 radical (unpaired) electrons. The number of amides is 1. The van der Waals surface area contributed by atoms with Gasteiger partial charge in [-0.15, -0.1) is 0 Å². The van der Waals surface area contributed by atoms with Crippen LogP contribution in [0.2, 0.25) is 0 Å². The number of hydrogen-bond donors (Lipinski definition) is 2. The summed E-state index contributed by atoms with van der Waals surface area (Å²) in [6.07, 6.45) is 0. The average Bonchev–Trinajstić information content (AvgIpc) is 2.32. The lowest BCUT2D eigenvalue weighted by atomic mass is 10.2. The Labute approximate surface area is 114 Å². The number of carbonyl (C=O) groups excluding carboxylic acids is 1. The van der Waals surface area contributed by atoms with E-state index in [4.69, 9.17) is 5.73 Å². The minimum atomic E-state index is -3.14. The third-order valence-corrected chi connectivity index (χ3v) is 2.46. The van der Waals surface area contributed by atoms with Gasteiger partial charge in [0, 0.05) is 25.7 Å². The van der Waals surface area contributed by atoms with Gasteiger partial charge in [0.25, 0.3) is 0 Å². The summed E-state index contributed by atoms with van der Waals surface area (Å²) < 4.78 is 41.7. The molecule has 112 valence electrons. The molecule has 1 aromatic rings. The number of rotatable bonds is 6. The van der Waals surface area contributed by atoms with Gasteiger partial charge in [0.05, 0.1) is 17.9 Å². The zero-order valence-corrected chi connectivity index (χ0v) is 11.1. The molecule has 0 heterocycles. The van der Waals surface area contributed by atoms with Crippen LogP contribution in [0.5, 0.6) is 5.75 Å². The summed E-state index contributed by atoms with van der Waals surface area (Å²) >= 11 is 0. The zero-order valence-electron chi connectivity index (χ0n) is 11.1. The summed E-state index contributed by atoms with van der Waals surface area (Å²) in [5.41, 5.74) is 5.87. The van der Waals surface area contributed by atoms with Gasteiger partial charge in [0.2, 0.25) is 5.91 Å². The van der Waals surface area contributed by atoms with Gasteiger partial charge in [-0.05, 0) is 6.92 Å². The SMILES string of the molecule is CCNC(=O)CN(C)c1cc(OC(F)F)c(F)cc1N. The van der Waals surface area contributed by atoms with Crippen molar-refractivity contribution in [2.75, 3.05) is 30.8 Å². The predicted octanol–water partition coefficient (Wildman–Crippen LogP) is 1.58. The van der Waals surface area contributed by atoms with Gasteiger partial charge in [-0.2, -0.15) is 8.78 Å². The Balaban J connectivity index is 2.95. The molecule has 0 aliphatic carbocycles. The van der Waals surface area contributed by atoms with Crippen LogP contribution in [0.3, 0.4) is 0 Å². The van der Waals surface area contributed by atoms with Crippen molar-refractivity contribution in [3.8, 4) is 5.75 Å². The second-order valence-electron chi connectivity index (χ2n) is 4.03. The Bertz CT molecular complexity index is 483. The lowest BCUT2D eigenvalue weighted by Crippen LogP contribution is -2.35. The van der Waals surface area contributed by atoms with E-state index in [-0.39, 0.29) is 23.8 Å². The summed E-state index contributed by atoms with van der Waals surface area (Å²) in [6.45, 7) is -0.961. The van der Waals surface area contributed by atoms with Gasteiger partial charge < -0.3 is 20.7 Å². The number of alkyl halides is 2. The molecule has 8 heteroatoms. The Morgan fingerprint density at radius 3 is 2.70 bits per heavy atom. The fourth-order valence-electron chi connectivity index (χ4n) is 1.63. The molecule has 5 nitrogen and oxygen atoms in total. The number of benzene rings is 1. The molecule has 0 unspecified atom stereocenters. The van der Waals surface area contributed by atoms with Gasteiger partial charge >= 0.3 is 6.61 Å². The molecule has 3 N–H and O–H groups in total. The van der Waals surface area contributed by atoms with E-state index in [0.717, 1.165) is 12.1 Å². The van der Waals surface area contributed by atoms with Crippen LogP contribution in [0.1, 0.15) is 6.92 Å². The monoisotopic (exact) mass is 291 g/mol. The molecule has 0 aliphatic heterocycles. The van der Waals surface area contributed by atoms with Gasteiger partial charge in [0.1, 0.15) is 0 Å². The van der Waals surface area contributed by atoms with E-state index in [1.807, 2.05) is 0 Å². The fourth-order valence-corrected chi connectivity index (χ4v) is 1.63. The summed E-state index contributed by atoms with van der Waals surface area (Å²) in [7, 11) is 1.53. The van der Waals surface area contributed by atoms with Gasteiger partial charge in [-0.1, -0.05) is 0 Å². The molecule has 0 bridgehead atoms. The standard InChI is InChI=1S/C12H16F3N3O2/c1-3-17-11(19)6-18(2)9-5-10(20-12(14)15)7(13)4-8(9)16/h4-5,12H,3,6,16H2,1-2H3,(H,17,19). The largest absolute Gasteiger partial charge is 0.432 e. The molecule has 1 aromatic carbocycles. The Morgan fingerprint density at radius 1 is 1.50 bits per heavy atom. The molecular formula is C12H16F3N3O2. The molecule has 0 atom stereocenters. The second kappa shape index (κ2) is 6.88. The molecule has 0 aliphatic rings. The Morgan fingerprint density at radius 2 is 2.15 bits per heavy atom. The first kappa shape index (κ1) is 15.9. The number of carbonyl (C=O) groups is 1. The molecule has 0 fully saturated rings. The number of anilines is 2. The lowest BCUT2D eigenvalue weighted by Gasteiger charge is -2.21. The topological polar surface area (TPSA) is 67.6 Å². The minimum Gasteiger partial charge on any atom is -0.432 e. The smallest absolute Gasteiger partial charge is 0.387 e. The van der Waals surface area contributed by atoms with Crippen molar-refractivity contribution in [3.05, 3.63) is 17.9 Å². The normalized spacial score (nSPS) is 10.5. The van der Waals surface area contributed by atoms with Crippen molar-refractivity contribution < 1.29 is 22.7 Å².